The number of nitrogens with two attached hydrogens (primary N) is 1. The van der Waals surface area contributed by atoms with Crippen molar-refractivity contribution < 1.29 is 13.5 Å². The Bertz CT molecular complexity index is 1530. The Labute approximate surface area is 212 Å². The molecule has 0 bridgehead atoms. The van der Waals surface area contributed by atoms with E-state index in [0.29, 0.717) is 24.2 Å². The number of aliphatic hydroxyl groups is 1. The van der Waals surface area contributed by atoms with Crippen LogP contribution in [0.4, 0.5) is 5.95 Å². The van der Waals surface area contributed by atoms with E-state index in [1.165, 1.54) is 17.5 Å². The molecule has 1 aliphatic rings. The Balaban J connectivity index is 1.65. The van der Waals surface area contributed by atoms with Gasteiger partial charge in [-0.15, -0.1) is 11.3 Å². The number of halogens is 1. The van der Waals surface area contributed by atoms with Crippen LogP contribution in [0.3, 0.4) is 0 Å². The maximum atomic E-state index is 12.9. The van der Waals surface area contributed by atoms with Crippen LogP contribution in [0.1, 0.15) is 48.9 Å². The largest absolute Gasteiger partial charge is 0.386 e. The number of nitrogens with zero attached hydrogens (tertiary/aromatic N) is 3. The third-order valence-electron chi connectivity index (χ3n) is 5.90. The molecule has 8 nitrogen and oxygen atoms in total. The number of fused-ring (bicyclic) bond motifs is 1. The van der Waals surface area contributed by atoms with Crippen molar-refractivity contribution >= 4 is 49.0 Å². The van der Waals surface area contributed by atoms with Crippen LogP contribution in [0.5, 0.6) is 0 Å². The van der Waals surface area contributed by atoms with Crippen LogP contribution in [0.25, 0.3) is 21.3 Å². The van der Waals surface area contributed by atoms with Gasteiger partial charge in [-0.3, -0.25) is 4.98 Å². The Morgan fingerprint density at radius 1 is 1.23 bits per heavy atom. The minimum atomic E-state index is -3.58. The molecule has 1 saturated carbocycles. The molecule has 1 atom stereocenters. The summed E-state index contributed by atoms with van der Waals surface area (Å²) in [6.45, 7) is 3.45. The van der Waals surface area contributed by atoms with E-state index in [1.54, 1.807) is 26.1 Å². The number of anilines is 1. The SMILES string of the molecule is CC(C)(O)c1ccnc(-c2cccc3cc([C@@H](NS(=O)(=O)C4CC4)c4nc(N)ncc4Cl)sc23)c1. The number of hydrogen-bond donors (Lipinski definition) is 3. The molecular weight excluding hydrogens is 506 g/mol. The molecule has 1 fully saturated rings. The van der Waals surface area contributed by atoms with Crippen LogP contribution in [0.2, 0.25) is 5.02 Å². The van der Waals surface area contributed by atoms with Crippen molar-refractivity contribution in [3.8, 4) is 11.3 Å². The fraction of sp³-hybridized carbons (Fsp3) is 0.292. The lowest BCUT2D eigenvalue weighted by Crippen LogP contribution is -2.32. The van der Waals surface area contributed by atoms with Crippen LogP contribution in [-0.4, -0.2) is 33.7 Å². The van der Waals surface area contributed by atoms with Gasteiger partial charge in [0.05, 0.1) is 39.5 Å². The molecule has 0 aliphatic heterocycles. The Morgan fingerprint density at radius 3 is 2.71 bits per heavy atom. The summed E-state index contributed by atoms with van der Waals surface area (Å²) in [5, 5.41) is 11.2. The average Bonchev–Trinajstić information content (AvgIpc) is 3.58. The lowest BCUT2D eigenvalue weighted by molar-refractivity contribution is 0.0785. The Kier molecular flexibility index (Phi) is 6.05. The fourth-order valence-electron chi connectivity index (χ4n) is 3.87. The van der Waals surface area contributed by atoms with Gasteiger partial charge in [0.25, 0.3) is 0 Å². The molecule has 182 valence electrons. The van der Waals surface area contributed by atoms with Gasteiger partial charge in [-0.25, -0.2) is 23.1 Å². The third-order valence-corrected chi connectivity index (χ3v) is 9.35. The van der Waals surface area contributed by atoms with E-state index in [9.17, 15) is 13.5 Å². The summed E-state index contributed by atoms with van der Waals surface area (Å²) < 4.78 is 29.6. The average molecular weight is 530 g/mol. The number of rotatable bonds is 7. The van der Waals surface area contributed by atoms with E-state index < -0.39 is 26.9 Å². The van der Waals surface area contributed by atoms with Crippen LogP contribution < -0.4 is 10.5 Å². The Morgan fingerprint density at radius 2 is 2.00 bits per heavy atom. The number of hydrogen-bond acceptors (Lipinski definition) is 8. The highest BCUT2D eigenvalue weighted by molar-refractivity contribution is 7.90. The predicted molar refractivity (Wildman–Crippen MR) is 139 cm³/mol. The highest BCUT2D eigenvalue weighted by Gasteiger charge is 2.38. The van der Waals surface area contributed by atoms with Crippen molar-refractivity contribution in [2.24, 2.45) is 0 Å². The van der Waals surface area contributed by atoms with Gasteiger partial charge in [0.1, 0.15) is 0 Å². The van der Waals surface area contributed by atoms with Crippen LogP contribution >= 0.6 is 22.9 Å². The fourth-order valence-corrected chi connectivity index (χ4v) is 6.90. The second-order valence-corrected chi connectivity index (χ2v) is 12.6. The number of nitrogens with one attached hydrogen (secondary N) is 1. The van der Waals surface area contributed by atoms with Gasteiger partial charge in [-0.1, -0.05) is 29.8 Å². The number of benzene rings is 1. The zero-order chi connectivity index (χ0) is 25.0. The van der Waals surface area contributed by atoms with Crippen molar-refractivity contribution in [3.63, 3.8) is 0 Å². The summed E-state index contributed by atoms with van der Waals surface area (Å²) in [6.07, 6.45) is 4.30. The van der Waals surface area contributed by atoms with Gasteiger partial charge in [0.15, 0.2) is 0 Å². The smallest absolute Gasteiger partial charge is 0.220 e. The highest BCUT2D eigenvalue weighted by Crippen LogP contribution is 2.41. The van der Waals surface area contributed by atoms with Crippen molar-refractivity contribution in [3.05, 3.63) is 69.9 Å². The maximum Gasteiger partial charge on any atom is 0.220 e. The topological polar surface area (TPSA) is 131 Å². The normalized spacial score (nSPS) is 15.4. The van der Waals surface area contributed by atoms with E-state index in [2.05, 4.69) is 19.7 Å². The first kappa shape index (κ1) is 24.1. The van der Waals surface area contributed by atoms with Crippen molar-refractivity contribution in [2.45, 2.75) is 43.6 Å². The summed E-state index contributed by atoms with van der Waals surface area (Å²) in [4.78, 5) is 13.4. The van der Waals surface area contributed by atoms with Crippen LogP contribution in [0, 0.1) is 0 Å². The zero-order valence-electron chi connectivity index (χ0n) is 19.1. The second-order valence-electron chi connectivity index (χ2n) is 9.12. The number of sulfonamides is 1. The molecule has 5 rings (SSSR count). The monoisotopic (exact) mass is 529 g/mol. The van der Waals surface area contributed by atoms with E-state index in [4.69, 9.17) is 17.3 Å². The molecule has 0 spiro atoms. The summed E-state index contributed by atoms with van der Waals surface area (Å²) in [7, 11) is -3.58. The molecule has 3 heterocycles. The summed E-state index contributed by atoms with van der Waals surface area (Å²) in [6, 6.07) is 10.6. The molecule has 11 heteroatoms. The van der Waals surface area contributed by atoms with Gasteiger partial charge in [-0.05, 0) is 55.8 Å². The molecule has 4 aromatic rings. The third kappa shape index (κ3) is 4.89. The number of nitrogen functional groups attached to an aromatic ring is 1. The maximum absolute atomic E-state index is 12.9. The van der Waals surface area contributed by atoms with Crippen molar-refractivity contribution in [1.82, 2.24) is 19.7 Å². The molecule has 0 unspecified atom stereocenters. The van der Waals surface area contributed by atoms with Crippen LogP contribution in [-0.2, 0) is 15.6 Å². The second kappa shape index (κ2) is 8.79. The van der Waals surface area contributed by atoms with E-state index in [-0.39, 0.29) is 11.0 Å². The molecule has 1 aliphatic carbocycles. The van der Waals surface area contributed by atoms with E-state index in [1.807, 2.05) is 30.3 Å². The molecule has 4 N–H and O–H groups in total. The molecule has 3 aromatic heterocycles. The Hall–Kier alpha value is -2.63. The van der Waals surface area contributed by atoms with Gasteiger partial charge in [0, 0.05) is 21.3 Å². The molecule has 35 heavy (non-hydrogen) atoms. The predicted octanol–water partition coefficient (Wildman–Crippen LogP) is 4.39. The first-order valence-corrected chi connectivity index (χ1v) is 13.8. The number of thiophene rings is 1. The van der Waals surface area contributed by atoms with Gasteiger partial charge in [-0.2, -0.15) is 0 Å². The van der Waals surface area contributed by atoms with Gasteiger partial charge < -0.3 is 10.8 Å². The summed E-state index contributed by atoms with van der Waals surface area (Å²) >= 11 is 7.84. The first-order valence-electron chi connectivity index (χ1n) is 11.0. The number of aromatic nitrogens is 3. The van der Waals surface area contributed by atoms with E-state index >= 15 is 0 Å². The number of pyridine rings is 1. The molecule has 0 radical (unpaired) electrons. The standard InChI is InChI=1S/C24H24ClN5O3S2/c1-24(2,31)14-8-9-27-18(11-14)16-5-3-4-13-10-19(34-22(13)16)21(30-35(32,33)15-6-7-15)20-17(25)12-28-23(26)29-20/h3-5,8-12,15,21,30-31H,6-7H2,1-2H3,(H2,26,28,29)/t21-/m1/s1. The van der Waals surface area contributed by atoms with Crippen LogP contribution in [0.15, 0.2) is 48.8 Å². The minimum Gasteiger partial charge on any atom is -0.386 e. The minimum absolute atomic E-state index is 0.00875. The quantitative estimate of drug-likeness (QED) is 0.323. The van der Waals surface area contributed by atoms with Gasteiger partial charge >= 0.3 is 0 Å². The molecule has 0 saturated heterocycles. The van der Waals surface area contributed by atoms with Crippen molar-refractivity contribution in [1.29, 1.82) is 0 Å². The molecular formula is C24H24ClN5O3S2. The first-order chi connectivity index (χ1) is 16.5. The highest BCUT2D eigenvalue weighted by atomic mass is 35.5. The van der Waals surface area contributed by atoms with Gasteiger partial charge in [0.2, 0.25) is 16.0 Å². The molecule has 1 aromatic carbocycles. The summed E-state index contributed by atoms with van der Waals surface area (Å²) in [5.74, 6) is 0.00875. The zero-order valence-corrected chi connectivity index (χ0v) is 21.5. The van der Waals surface area contributed by atoms with E-state index in [0.717, 1.165) is 26.1 Å². The van der Waals surface area contributed by atoms with Crippen molar-refractivity contribution in [2.75, 3.05) is 5.73 Å². The lowest BCUT2D eigenvalue weighted by atomic mass is 9.97. The summed E-state index contributed by atoms with van der Waals surface area (Å²) in [5.41, 5.74) is 7.45. The lowest BCUT2D eigenvalue weighted by Gasteiger charge is -2.18. The molecule has 0 amide bonds.